The second kappa shape index (κ2) is 9.70. The first-order valence-electron chi connectivity index (χ1n) is 10.0. The molecule has 0 radical (unpaired) electrons. The summed E-state index contributed by atoms with van der Waals surface area (Å²) in [6.45, 7) is 1.50. The Morgan fingerprint density at radius 1 is 1.06 bits per heavy atom. The molecule has 1 N–H and O–H groups in total. The number of hydrogen-bond acceptors (Lipinski definition) is 4. The van der Waals surface area contributed by atoms with Gasteiger partial charge in [0.25, 0.3) is 0 Å². The van der Waals surface area contributed by atoms with E-state index in [1.165, 1.54) is 13.0 Å². The average molecular weight is 481 g/mol. The Balaban J connectivity index is 1.68. The monoisotopic (exact) mass is 480 g/mol. The lowest BCUT2D eigenvalue weighted by Gasteiger charge is -2.28. The molecule has 10 heteroatoms. The molecule has 33 heavy (non-hydrogen) atoms. The van der Waals surface area contributed by atoms with Gasteiger partial charge in [0.1, 0.15) is 18.4 Å². The summed E-state index contributed by atoms with van der Waals surface area (Å²) in [5.74, 6) is -0.0310. The Bertz CT molecular complexity index is 1240. The molecule has 1 amide bonds. The van der Waals surface area contributed by atoms with Crippen LogP contribution in [0.4, 0.5) is 18.9 Å². The number of benzene rings is 3. The summed E-state index contributed by atoms with van der Waals surface area (Å²) in [5, 5.41) is 4.48. The molecular formula is C23H23F3N2O4S. The van der Waals surface area contributed by atoms with E-state index in [-0.39, 0.29) is 18.8 Å². The summed E-state index contributed by atoms with van der Waals surface area (Å²) in [6, 6.07) is 15.8. The molecule has 0 aliphatic heterocycles. The zero-order chi connectivity index (χ0) is 24.2. The first-order valence-corrected chi connectivity index (χ1v) is 11.9. The molecule has 0 heterocycles. The molecule has 0 saturated carbocycles. The van der Waals surface area contributed by atoms with Gasteiger partial charge < -0.3 is 10.1 Å². The third-order valence-electron chi connectivity index (χ3n) is 4.92. The lowest BCUT2D eigenvalue weighted by atomic mass is 10.1. The van der Waals surface area contributed by atoms with Crippen molar-refractivity contribution in [1.82, 2.24) is 5.32 Å². The van der Waals surface area contributed by atoms with Gasteiger partial charge in [-0.2, -0.15) is 13.2 Å². The SMILES string of the molecule is CC(C(=O)NCCOc1cccc2ccccc12)N(c1cccc(C(F)(F)F)c1)S(C)(=O)=O. The molecule has 0 saturated heterocycles. The highest BCUT2D eigenvalue weighted by molar-refractivity contribution is 7.92. The van der Waals surface area contributed by atoms with Gasteiger partial charge in [-0.05, 0) is 36.6 Å². The van der Waals surface area contributed by atoms with Crippen LogP contribution in [-0.4, -0.2) is 39.8 Å². The molecule has 176 valence electrons. The van der Waals surface area contributed by atoms with Gasteiger partial charge in [-0.25, -0.2) is 8.42 Å². The van der Waals surface area contributed by atoms with E-state index in [4.69, 9.17) is 4.74 Å². The minimum Gasteiger partial charge on any atom is -0.491 e. The highest BCUT2D eigenvalue weighted by atomic mass is 32.2. The van der Waals surface area contributed by atoms with Crippen LogP contribution in [0.1, 0.15) is 12.5 Å². The summed E-state index contributed by atoms with van der Waals surface area (Å²) >= 11 is 0. The van der Waals surface area contributed by atoms with Crippen molar-refractivity contribution in [3.05, 3.63) is 72.3 Å². The minimum absolute atomic E-state index is 0.0760. The van der Waals surface area contributed by atoms with Crippen LogP contribution in [0.15, 0.2) is 66.7 Å². The van der Waals surface area contributed by atoms with Crippen LogP contribution >= 0.6 is 0 Å². The zero-order valence-electron chi connectivity index (χ0n) is 18.0. The number of halogens is 3. The largest absolute Gasteiger partial charge is 0.491 e. The number of ether oxygens (including phenoxy) is 1. The van der Waals surface area contributed by atoms with Gasteiger partial charge in [-0.1, -0.05) is 42.5 Å². The molecule has 1 unspecified atom stereocenters. The number of sulfonamides is 1. The molecule has 3 aromatic rings. The number of rotatable bonds is 8. The Morgan fingerprint density at radius 2 is 1.73 bits per heavy atom. The first-order chi connectivity index (χ1) is 15.5. The van der Waals surface area contributed by atoms with E-state index < -0.39 is 33.7 Å². The number of alkyl halides is 3. The smallest absolute Gasteiger partial charge is 0.416 e. The van der Waals surface area contributed by atoms with Crippen molar-refractivity contribution in [3.63, 3.8) is 0 Å². The van der Waals surface area contributed by atoms with Gasteiger partial charge in [0.05, 0.1) is 24.1 Å². The van der Waals surface area contributed by atoms with Gasteiger partial charge in [-0.3, -0.25) is 9.10 Å². The van der Waals surface area contributed by atoms with Crippen LogP contribution in [0.2, 0.25) is 0 Å². The number of nitrogens with one attached hydrogen (secondary N) is 1. The summed E-state index contributed by atoms with van der Waals surface area (Å²) in [5.41, 5.74) is -1.26. The van der Waals surface area contributed by atoms with Crippen molar-refractivity contribution in [2.45, 2.75) is 19.1 Å². The zero-order valence-corrected chi connectivity index (χ0v) is 18.8. The summed E-state index contributed by atoms with van der Waals surface area (Å²) < 4.78 is 70.3. The number of carbonyl (C=O) groups is 1. The number of fused-ring (bicyclic) bond motifs is 1. The molecule has 0 aromatic heterocycles. The van der Waals surface area contributed by atoms with E-state index in [1.54, 1.807) is 6.07 Å². The number of carbonyl (C=O) groups excluding carboxylic acids is 1. The van der Waals surface area contributed by atoms with Crippen LogP contribution in [0, 0.1) is 0 Å². The Kier molecular flexibility index (Phi) is 7.16. The lowest BCUT2D eigenvalue weighted by Crippen LogP contribution is -2.48. The lowest BCUT2D eigenvalue weighted by molar-refractivity contribution is -0.137. The Morgan fingerprint density at radius 3 is 2.42 bits per heavy atom. The number of hydrogen-bond donors (Lipinski definition) is 1. The fourth-order valence-electron chi connectivity index (χ4n) is 3.43. The molecule has 3 rings (SSSR count). The molecule has 3 aromatic carbocycles. The third kappa shape index (κ3) is 5.95. The average Bonchev–Trinajstić information content (AvgIpc) is 2.75. The topological polar surface area (TPSA) is 75.7 Å². The van der Waals surface area contributed by atoms with E-state index in [0.29, 0.717) is 16.1 Å². The Labute approximate surface area is 190 Å². The van der Waals surface area contributed by atoms with Crippen LogP contribution in [0.3, 0.4) is 0 Å². The van der Waals surface area contributed by atoms with Crippen molar-refractivity contribution in [2.24, 2.45) is 0 Å². The van der Waals surface area contributed by atoms with Crippen molar-refractivity contribution in [1.29, 1.82) is 0 Å². The van der Waals surface area contributed by atoms with E-state index in [9.17, 15) is 26.4 Å². The number of nitrogens with zero attached hydrogens (tertiary/aromatic N) is 1. The molecule has 0 aliphatic carbocycles. The standard InChI is InChI=1S/C23H23F3N2O4S/c1-16(28(33(2,30)31)19-10-6-9-18(15-19)23(24,25)26)22(29)27-13-14-32-21-12-5-8-17-7-3-4-11-20(17)21/h3-12,15-16H,13-14H2,1-2H3,(H,27,29). The van der Waals surface area contributed by atoms with Gasteiger partial charge in [0.15, 0.2) is 0 Å². The molecule has 0 spiro atoms. The Hall–Kier alpha value is -3.27. The van der Waals surface area contributed by atoms with Gasteiger partial charge in [0.2, 0.25) is 15.9 Å². The van der Waals surface area contributed by atoms with Gasteiger partial charge >= 0.3 is 6.18 Å². The second-order valence-corrected chi connectivity index (χ2v) is 9.26. The molecule has 6 nitrogen and oxygen atoms in total. The maximum atomic E-state index is 13.1. The number of amides is 1. The van der Waals surface area contributed by atoms with Gasteiger partial charge in [0, 0.05) is 5.39 Å². The van der Waals surface area contributed by atoms with Crippen molar-refractivity contribution < 1.29 is 31.1 Å². The molecule has 0 aliphatic rings. The first kappa shape index (κ1) is 24.4. The van der Waals surface area contributed by atoms with E-state index in [0.717, 1.165) is 29.2 Å². The number of anilines is 1. The van der Waals surface area contributed by atoms with Crippen molar-refractivity contribution in [2.75, 3.05) is 23.7 Å². The summed E-state index contributed by atoms with van der Waals surface area (Å²) in [6.07, 6.45) is -3.82. The fraction of sp³-hybridized carbons (Fsp3) is 0.261. The highest BCUT2D eigenvalue weighted by Gasteiger charge is 2.34. The van der Waals surface area contributed by atoms with Crippen molar-refractivity contribution in [3.8, 4) is 5.75 Å². The molecule has 0 bridgehead atoms. The van der Waals surface area contributed by atoms with E-state index >= 15 is 0 Å². The maximum Gasteiger partial charge on any atom is 0.416 e. The van der Waals surface area contributed by atoms with Crippen LogP contribution in [0.25, 0.3) is 10.8 Å². The summed E-state index contributed by atoms with van der Waals surface area (Å²) in [7, 11) is -4.05. The van der Waals surface area contributed by atoms with Crippen LogP contribution < -0.4 is 14.4 Å². The minimum atomic E-state index is -4.65. The quantitative estimate of drug-likeness (QED) is 0.490. The molecule has 1 atom stereocenters. The molecule has 0 fully saturated rings. The molecular weight excluding hydrogens is 457 g/mol. The highest BCUT2D eigenvalue weighted by Crippen LogP contribution is 2.33. The predicted molar refractivity (Wildman–Crippen MR) is 121 cm³/mol. The van der Waals surface area contributed by atoms with Crippen molar-refractivity contribution >= 4 is 32.4 Å². The maximum absolute atomic E-state index is 13.1. The van der Waals surface area contributed by atoms with Gasteiger partial charge in [-0.15, -0.1) is 0 Å². The normalized spacial score (nSPS) is 12.9. The fourth-order valence-corrected chi connectivity index (χ4v) is 4.60. The second-order valence-electron chi connectivity index (χ2n) is 7.40. The van der Waals surface area contributed by atoms with E-state index in [2.05, 4.69) is 5.32 Å². The van der Waals surface area contributed by atoms with Crippen LogP contribution in [0.5, 0.6) is 5.75 Å². The predicted octanol–water partition coefficient (Wildman–Crippen LogP) is 4.21. The van der Waals surface area contributed by atoms with E-state index in [1.807, 2.05) is 36.4 Å². The summed E-state index contributed by atoms with van der Waals surface area (Å²) in [4.78, 5) is 12.6. The third-order valence-corrected chi connectivity index (χ3v) is 6.17. The van der Waals surface area contributed by atoms with Crippen LogP contribution in [-0.2, 0) is 21.0 Å².